The summed E-state index contributed by atoms with van der Waals surface area (Å²) in [6.07, 6.45) is 5.64. The first-order chi connectivity index (χ1) is 12.3. The van der Waals surface area contributed by atoms with E-state index >= 15 is 0 Å². The Morgan fingerprint density at radius 3 is 2.92 bits per heavy atom. The topological polar surface area (TPSA) is 61.2 Å². The van der Waals surface area contributed by atoms with Crippen molar-refractivity contribution in [2.45, 2.75) is 57.3 Å². The summed E-state index contributed by atoms with van der Waals surface area (Å²) >= 11 is 0. The third-order valence-corrected chi connectivity index (χ3v) is 5.28. The lowest BCUT2D eigenvalue weighted by molar-refractivity contribution is 0.177. The molecule has 0 bridgehead atoms. The number of ether oxygens (including phenoxy) is 2. The summed E-state index contributed by atoms with van der Waals surface area (Å²) in [6, 6.07) is 6.98. The molecule has 134 valence electrons. The van der Waals surface area contributed by atoms with Crippen molar-refractivity contribution in [1.29, 1.82) is 0 Å². The van der Waals surface area contributed by atoms with E-state index in [-0.39, 0.29) is 6.04 Å². The molecule has 0 amide bonds. The molecule has 6 heteroatoms. The van der Waals surface area contributed by atoms with E-state index in [9.17, 15) is 0 Å². The summed E-state index contributed by atoms with van der Waals surface area (Å²) in [7, 11) is 3.44. The van der Waals surface area contributed by atoms with Crippen LogP contribution in [-0.2, 0) is 24.3 Å². The number of benzene rings is 1. The van der Waals surface area contributed by atoms with Crippen LogP contribution in [0, 0.1) is 0 Å². The number of fused-ring (bicyclic) bond motifs is 2. The van der Waals surface area contributed by atoms with Gasteiger partial charge in [0.25, 0.3) is 0 Å². The molecule has 1 aromatic carbocycles. The molecule has 2 aliphatic rings. The van der Waals surface area contributed by atoms with Crippen LogP contribution in [0.15, 0.2) is 18.2 Å². The van der Waals surface area contributed by atoms with E-state index < -0.39 is 0 Å². The van der Waals surface area contributed by atoms with Crippen molar-refractivity contribution < 1.29 is 9.47 Å². The van der Waals surface area contributed by atoms with Gasteiger partial charge in [-0.15, -0.1) is 0 Å². The molecule has 0 unspecified atom stereocenters. The van der Waals surface area contributed by atoms with Crippen molar-refractivity contribution in [3.8, 4) is 5.75 Å². The summed E-state index contributed by atoms with van der Waals surface area (Å²) in [6.45, 7) is 1.41. The van der Waals surface area contributed by atoms with Gasteiger partial charge in [0, 0.05) is 19.7 Å². The Bertz CT molecular complexity index is 743. The molecule has 0 saturated carbocycles. The van der Waals surface area contributed by atoms with Gasteiger partial charge >= 0.3 is 0 Å². The summed E-state index contributed by atoms with van der Waals surface area (Å²) in [5, 5.41) is 8.43. The van der Waals surface area contributed by atoms with Gasteiger partial charge in [-0.3, -0.25) is 0 Å². The second kappa shape index (κ2) is 7.14. The smallest absolute Gasteiger partial charge is 0.176 e. The minimum absolute atomic E-state index is 0.244. The van der Waals surface area contributed by atoms with Crippen LogP contribution in [0.5, 0.6) is 5.75 Å². The minimum atomic E-state index is 0.244. The summed E-state index contributed by atoms with van der Waals surface area (Å²) in [5.74, 6) is 2.84. The van der Waals surface area contributed by atoms with Gasteiger partial charge in [-0.25, -0.2) is 9.67 Å². The number of nitrogens with one attached hydrogen (secondary N) is 1. The Morgan fingerprint density at radius 2 is 2.08 bits per heavy atom. The van der Waals surface area contributed by atoms with Crippen molar-refractivity contribution >= 4 is 0 Å². The first-order valence-corrected chi connectivity index (χ1v) is 9.14. The first-order valence-electron chi connectivity index (χ1n) is 9.14. The largest absolute Gasteiger partial charge is 0.496 e. The molecule has 4 rings (SSSR count). The lowest BCUT2D eigenvalue weighted by Gasteiger charge is -2.32. The van der Waals surface area contributed by atoms with Gasteiger partial charge in [0.05, 0.1) is 13.2 Å². The number of methoxy groups -OCH3 is 2. The molecule has 0 radical (unpaired) electrons. The number of aryl methyl sites for hydroxylation is 1. The molecular weight excluding hydrogens is 316 g/mol. The summed E-state index contributed by atoms with van der Waals surface area (Å²) in [4.78, 5) is 4.72. The molecule has 1 aromatic heterocycles. The maximum absolute atomic E-state index is 5.57. The van der Waals surface area contributed by atoms with E-state index in [2.05, 4.69) is 28.6 Å². The maximum atomic E-state index is 5.57. The Kier molecular flexibility index (Phi) is 4.72. The number of aromatic nitrogens is 3. The average molecular weight is 342 g/mol. The first kappa shape index (κ1) is 16.5. The fourth-order valence-corrected chi connectivity index (χ4v) is 4.17. The van der Waals surface area contributed by atoms with Crippen LogP contribution in [-0.4, -0.2) is 29.0 Å². The van der Waals surface area contributed by atoms with Gasteiger partial charge in [-0.1, -0.05) is 12.1 Å². The van der Waals surface area contributed by atoms with Crippen LogP contribution in [0.1, 0.15) is 60.5 Å². The van der Waals surface area contributed by atoms with E-state index in [0.717, 1.165) is 49.6 Å². The third kappa shape index (κ3) is 3.16. The van der Waals surface area contributed by atoms with E-state index in [0.29, 0.717) is 12.6 Å². The lowest BCUT2D eigenvalue weighted by Crippen LogP contribution is -2.33. The van der Waals surface area contributed by atoms with E-state index in [1.165, 1.54) is 17.5 Å². The predicted molar refractivity (Wildman–Crippen MR) is 94.5 cm³/mol. The van der Waals surface area contributed by atoms with Gasteiger partial charge in [-0.05, 0) is 49.3 Å². The number of hydrogen-bond acceptors (Lipinski definition) is 5. The van der Waals surface area contributed by atoms with Gasteiger partial charge in [0.15, 0.2) is 5.82 Å². The molecule has 1 aliphatic carbocycles. The standard InChI is InChI=1S/C19H26N4O2/c1-24-12-18-21-19-16(9-5-11-23(19)22-18)20-15-8-3-7-14-13(15)6-4-10-17(14)25-2/h4,6,10,15-16,20H,3,5,7-9,11-12H2,1-2H3/t15-,16+/m1/s1. The number of nitrogens with zero attached hydrogens (tertiary/aromatic N) is 3. The number of rotatable bonds is 5. The van der Waals surface area contributed by atoms with Crippen LogP contribution in [0.4, 0.5) is 0 Å². The second-order valence-electron chi connectivity index (χ2n) is 6.88. The fraction of sp³-hybridized carbons (Fsp3) is 0.579. The van der Waals surface area contributed by atoms with Crippen LogP contribution in [0.2, 0.25) is 0 Å². The number of hydrogen-bond donors (Lipinski definition) is 1. The molecule has 0 fully saturated rings. The normalized spacial score (nSPS) is 22.3. The highest BCUT2D eigenvalue weighted by Gasteiger charge is 2.29. The Labute approximate surface area is 148 Å². The molecule has 0 spiro atoms. The molecule has 25 heavy (non-hydrogen) atoms. The molecule has 6 nitrogen and oxygen atoms in total. The fourth-order valence-electron chi connectivity index (χ4n) is 4.17. The predicted octanol–water partition coefficient (Wildman–Crippen LogP) is 2.94. The van der Waals surface area contributed by atoms with Crippen molar-refractivity contribution in [3.63, 3.8) is 0 Å². The SMILES string of the molecule is COCc1nc2n(n1)CCC[C@@H]2N[C@@H]1CCCc2c(OC)cccc21. The lowest BCUT2D eigenvalue weighted by atomic mass is 9.86. The van der Waals surface area contributed by atoms with Crippen molar-refractivity contribution in [3.05, 3.63) is 41.0 Å². The Morgan fingerprint density at radius 1 is 1.20 bits per heavy atom. The molecule has 2 atom stereocenters. The van der Waals surface area contributed by atoms with Crippen LogP contribution < -0.4 is 10.1 Å². The Balaban J connectivity index is 1.59. The van der Waals surface area contributed by atoms with Crippen LogP contribution in [0.25, 0.3) is 0 Å². The van der Waals surface area contributed by atoms with Gasteiger partial charge < -0.3 is 14.8 Å². The van der Waals surface area contributed by atoms with Crippen molar-refractivity contribution in [2.75, 3.05) is 14.2 Å². The molecule has 2 heterocycles. The zero-order chi connectivity index (χ0) is 17.2. The molecule has 2 aromatic rings. The van der Waals surface area contributed by atoms with Crippen molar-refractivity contribution in [2.24, 2.45) is 0 Å². The van der Waals surface area contributed by atoms with Gasteiger partial charge in [0.1, 0.15) is 18.2 Å². The second-order valence-corrected chi connectivity index (χ2v) is 6.88. The maximum Gasteiger partial charge on any atom is 0.176 e. The summed E-state index contributed by atoms with van der Waals surface area (Å²) < 4.78 is 12.8. The van der Waals surface area contributed by atoms with Gasteiger partial charge in [0.2, 0.25) is 0 Å². The molecule has 1 aliphatic heterocycles. The third-order valence-electron chi connectivity index (χ3n) is 5.28. The average Bonchev–Trinajstić information content (AvgIpc) is 3.05. The highest BCUT2D eigenvalue weighted by atomic mass is 16.5. The monoisotopic (exact) mass is 342 g/mol. The minimum Gasteiger partial charge on any atom is -0.496 e. The van der Waals surface area contributed by atoms with Gasteiger partial charge in [-0.2, -0.15) is 5.10 Å². The molecular formula is C19H26N4O2. The zero-order valence-electron chi connectivity index (χ0n) is 15.0. The van der Waals surface area contributed by atoms with E-state index in [1.54, 1.807) is 14.2 Å². The van der Waals surface area contributed by atoms with Crippen LogP contribution in [0.3, 0.4) is 0 Å². The highest BCUT2D eigenvalue weighted by Crippen LogP contribution is 2.37. The summed E-state index contributed by atoms with van der Waals surface area (Å²) in [5.41, 5.74) is 2.73. The quantitative estimate of drug-likeness (QED) is 0.905. The van der Waals surface area contributed by atoms with E-state index in [4.69, 9.17) is 14.5 Å². The van der Waals surface area contributed by atoms with Crippen LogP contribution >= 0.6 is 0 Å². The molecule has 0 saturated heterocycles. The van der Waals surface area contributed by atoms with E-state index in [1.807, 2.05) is 4.68 Å². The van der Waals surface area contributed by atoms with Crippen molar-refractivity contribution in [1.82, 2.24) is 20.1 Å². The highest BCUT2D eigenvalue weighted by molar-refractivity contribution is 5.43. The Hall–Kier alpha value is -1.92. The molecule has 1 N–H and O–H groups in total. The zero-order valence-corrected chi connectivity index (χ0v) is 15.0.